The highest BCUT2D eigenvalue weighted by molar-refractivity contribution is 5.69. The minimum atomic E-state index is -0.757. The maximum atomic E-state index is 10.7. The molecule has 4 heteroatoms. The summed E-state index contributed by atoms with van der Waals surface area (Å²) in [7, 11) is 0. The average molecular weight is 217 g/mol. The SMILES string of the molecule is CC(C)CN(CCCO)CC(C)C(=O)O. The molecule has 4 nitrogen and oxygen atoms in total. The van der Waals surface area contributed by atoms with Crippen LogP contribution < -0.4 is 0 Å². The summed E-state index contributed by atoms with van der Waals surface area (Å²) in [6.07, 6.45) is 0.707. The van der Waals surface area contributed by atoms with Gasteiger partial charge in [0.1, 0.15) is 0 Å². The first-order valence-electron chi connectivity index (χ1n) is 5.53. The van der Waals surface area contributed by atoms with Crippen LogP contribution in [0.5, 0.6) is 0 Å². The minimum absolute atomic E-state index is 0.163. The third-order valence-electron chi connectivity index (χ3n) is 2.21. The van der Waals surface area contributed by atoms with E-state index in [-0.39, 0.29) is 12.5 Å². The lowest BCUT2D eigenvalue weighted by molar-refractivity contribution is -0.141. The topological polar surface area (TPSA) is 60.8 Å². The number of hydrogen-bond donors (Lipinski definition) is 2. The zero-order valence-electron chi connectivity index (χ0n) is 9.94. The fraction of sp³-hybridized carbons (Fsp3) is 0.909. The van der Waals surface area contributed by atoms with E-state index in [1.165, 1.54) is 0 Å². The van der Waals surface area contributed by atoms with E-state index in [2.05, 4.69) is 18.7 Å². The molecule has 2 N–H and O–H groups in total. The summed E-state index contributed by atoms with van der Waals surface area (Å²) in [5.41, 5.74) is 0. The first-order chi connectivity index (χ1) is 6.97. The Bertz CT molecular complexity index is 183. The first kappa shape index (κ1) is 14.4. The fourth-order valence-corrected chi connectivity index (χ4v) is 1.53. The van der Waals surface area contributed by atoms with Crippen molar-refractivity contribution in [3.05, 3.63) is 0 Å². The number of nitrogens with zero attached hydrogens (tertiary/aromatic N) is 1. The van der Waals surface area contributed by atoms with Crippen molar-refractivity contribution in [1.82, 2.24) is 4.90 Å². The predicted molar refractivity (Wildman–Crippen MR) is 59.8 cm³/mol. The number of carboxylic acid groups (broad SMARTS) is 1. The number of carbonyl (C=O) groups is 1. The Balaban J connectivity index is 4.04. The summed E-state index contributed by atoms with van der Waals surface area (Å²) >= 11 is 0. The minimum Gasteiger partial charge on any atom is -0.481 e. The van der Waals surface area contributed by atoms with Gasteiger partial charge in [-0.1, -0.05) is 20.8 Å². The summed E-state index contributed by atoms with van der Waals surface area (Å²) in [4.78, 5) is 12.8. The maximum Gasteiger partial charge on any atom is 0.307 e. The summed E-state index contributed by atoms with van der Waals surface area (Å²) < 4.78 is 0. The van der Waals surface area contributed by atoms with Crippen LogP contribution in [-0.2, 0) is 4.79 Å². The molecule has 0 fully saturated rings. The van der Waals surface area contributed by atoms with E-state index in [0.717, 1.165) is 13.1 Å². The van der Waals surface area contributed by atoms with Gasteiger partial charge in [-0.2, -0.15) is 0 Å². The van der Waals surface area contributed by atoms with Crippen molar-refractivity contribution in [1.29, 1.82) is 0 Å². The van der Waals surface area contributed by atoms with E-state index < -0.39 is 5.97 Å². The highest BCUT2D eigenvalue weighted by Crippen LogP contribution is 2.05. The second kappa shape index (κ2) is 7.65. The molecule has 0 aromatic rings. The summed E-state index contributed by atoms with van der Waals surface area (Å²) in [5, 5.41) is 17.6. The van der Waals surface area contributed by atoms with Gasteiger partial charge in [-0.25, -0.2) is 0 Å². The molecule has 90 valence electrons. The molecule has 0 saturated carbocycles. The molecule has 0 radical (unpaired) electrons. The van der Waals surface area contributed by atoms with Crippen molar-refractivity contribution in [3.63, 3.8) is 0 Å². The van der Waals surface area contributed by atoms with Crippen molar-refractivity contribution in [2.75, 3.05) is 26.2 Å². The fourth-order valence-electron chi connectivity index (χ4n) is 1.53. The van der Waals surface area contributed by atoms with Gasteiger partial charge < -0.3 is 15.1 Å². The zero-order chi connectivity index (χ0) is 11.8. The Labute approximate surface area is 91.9 Å². The van der Waals surface area contributed by atoms with Crippen LogP contribution in [0, 0.1) is 11.8 Å². The molecule has 1 atom stereocenters. The zero-order valence-corrected chi connectivity index (χ0v) is 9.94. The van der Waals surface area contributed by atoms with Crippen molar-refractivity contribution < 1.29 is 15.0 Å². The molecule has 0 bridgehead atoms. The first-order valence-corrected chi connectivity index (χ1v) is 5.53. The third-order valence-corrected chi connectivity index (χ3v) is 2.21. The van der Waals surface area contributed by atoms with Crippen molar-refractivity contribution in [2.24, 2.45) is 11.8 Å². The van der Waals surface area contributed by atoms with Gasteiger partial charge in [-0.15, -0.1) is 0 Å². The van der Waals surface area contributed by atoms with Crippen LogP contribution >= 0.6 is 0 Å². The van der Waals surface area contributed by atoms with Crippen molar-refractivity contribution >= 4 is 5.97 Å². The van der Waals surface area contributed by atoms with Crippen LogP contribution in [-0.4, -0.2) is 47.3 Å². The molecule has 15 heavy (non-hydrogen) atoms. The highest BCUT2D eigenvalue weighted by Gasteiger charge is 2.16. The number of aliphatic hydroxyl groups excluding tert-OH is 1. The van der Waals surface area contributed by atoms with Crippen LogP contribution in [0.2, 0.25) is 0 Å². The van der Waals surface area contributed by atoms with Gasteiger partial charge in [0.15, 0.2) is 0 Å². The summed E-state index contributed by atoms with van der Waals surface area (Å²) in [6, 6.07) is 0. The molecule has 0 heterocycles. The Hall–Kier alpha value is -0.610. The molecule has 0 aliphatic carbocycles. The van der Waals surface area contributed by atoms with Crippen molar-refractivity contribution in [2.45, 2.75) is 27.2 Å². The molecule has 0 spiro atoms. The van der Waals surface area contributed by atoms with E-state index >= 15 is 0 Å². The Morgan fingerprint density at radius 3 is 2.27 bits per heavy atom. The lowest BCUT2D eigenvalue weighted by atomic mass is 10.1. The van der Waals surface area contributed by atoms with Crippen LogP contribution in [0.3, 0.4) is 0 Å². The number of aliphatic carboxylic acids is 1. The maximum absolute atomic E-state index is 10.7. The van der Waals surface area contributed by atoms with E-state index in [9.17, 15) is 4.79 Å². The normalized spacial score (nSPS) is 13.5. The largest absolute Gasteiger partial charge is 0.481 e. The smallest absolute Gasteiger partial charge is 0.307 e. The van der Waals surface area contributed by atoms with Gasteiger partial charge in [-0.3, -0.25) is 4.79 Å². The van der Waals surface area contributed by atoms with E-state index in [1.807, 2.05) is 0 Å². The van der Waals surface area contributed by atoms with Crippen LogP contribution in [0.25, 0.3) is 0 Å². The second-order valence-electron chi connectivity index (χ2n) is 4.47. The van der Waals surface area contributed by atoms with Gasteiger partial charge in [-0.05, 0) is 12.3 Å². The van der Waals surface area contributed by atoms with Gasteiger partial charge in [0.2, 0.25) is 0 Å². The number of rotatable bonds is 8. The number of aliphatic hydroxyl groups is 1. The molecule has 0 saturated heterocycles. The molecule has 1 unspecified atom stereocenters. The van der Waals surface area contributed by atoms with Gasteiger partial charge in [0.05, 0.1) is 5.92 Å². The van der Waals surface area contributed by atoms with Gasteiger partial charge >= 0.3 is 5.97 Å². The third kappa shape index (κ3) is 7.33. The predicted octanol–water partition coefficient (Wildman–Crippen LogP) is 1.05. The standard InChI is InChI=1S/C11H23NO3/c1-9(2)7-12(5-4-6-13)8-10(3)11(14)15/h9-10,13H,4-8H2,1-3H3,(H,14,15). The Morgan fingerprint density at radius 2 is 1.87 bits per heavy atom. The quantitative estimate of drug-likeness (QED) is 0.638. The molecule has 0 aromatic heterocycles. The molecule has 0 rings (SSSR count). The Kier molecular flexibility index (Phi) is 7.34. The van der Waals surface area contributed by atoms with Crippen LogP contribution in [0.1, 0.15) is 27.2 Å². The van der Waals surface area contributed by atoms with Crippen LogP contribution in [0.15, 0.2) is 0 Å². The lowest BCUT2D eigenvalue weighted by Gasteiger charge is -2.25. The van der Waals surface area contributed by atoms with Crippen LogP contribution in [0.4, 0.5) is 0 Å². The average Bonchev–Trinajstić information content (AvgIpc) is 2.13. The molecule has 0 aliphatic rings. The lowest BCUT2D eigenvalue weighted by Crippen LogP contribution is -2.35. The van der Waals surface area contributed by atoms with E-state index in [1.54, 1.807) is 6.92 Å². The van der Waals surface area contributed by atoms with Crippen molar-refractivity contribution in [3.8, 4) is 0 Å². The van der Waals surface area contributed by atoms with E-state index in [4.69, 9.17) is 10.2 Å². The number of carboxylic acids is 1. The highest BCUT2D eigenvalue weighted by atomic mass is 16.4. The molecular formula is C11H23NO3. The summed E-state index contributed by atoms with van der Waals surface area (Å²) in [6.45, 7) is 8.32. The molecule has 0 aliphatic heterocycles. The number of hydrogen-bond acceptors (Lipinski definition) is 3. The second-order valence-corrected chi connectivity index (χ2v) is 4.47. The monoisotopic (exact) mass is 217 g/mol. The molecular weight excluding hydrogens is 194 g/mol. The van der Waals surface area contributed by atoms with Gasteiger partial charge in [0.25, 0.3) is 0 Å². The molecule has 0 aromatic carbocycles. The van der Waals surface area contributed by atoms with Gasteiger partial charge in [0, 0.05) is 26.2 Å². The molecule has 0 amide bonds. The van der Waals surface area contributed by atoms with E-state index in [0.29, 0.717) is 18.9 Å². The summed E-state index contributed by atoms with van der Waals surface area (Å²) in [5.74, 6) is -0.583. The Morgan fingerprint density at radius 1 is 1.27 bits per heavy atom.